The summed E-state index contributed by atoms with van der Waals surface area (Å²) in [6.45, 7) is 2.28. The molecule has 1 saturated carbocycles. The lowest BCUT2D eigenvalue weighted by atomic mass is 9.83. The minimum Gasteiger partial charge on any atom is -0.385 e. The molecule has 4 nitrogen and oxygen atoms in total. The Morgan fingerprint density at radius 1 is 1.39 bits per heavy atom. The number of aliphatic imine (C=N–C) groups is 1. The van der Waals surface area contributed by atoms with Gasteiger partial charge in [0, 0.05) is 27.3 Å². The number of nitrogens with zero attached hydrogens (tertiary/aromatic N) is 1. The summed E-state index contributed by atoms with van der Waals surface area (Å²) in [7, 11) is 3.53. The minimum atomic E-state index is 0.365. The Kier molecular flexibility index (Phi) is 6.59. The highest BCUT2D eigenvalue weighted by Crippen LogP contribution is 2.40. The quantitative estimate of drug-likeness (QED) is 0.426. The molecule has 1 fully saturated rings. The zero-order valence-corrected chi connectivity index (χ0v) is 11.6. The van der Waals surface area contributed by atoms with Gasteiger partial charge in [-0.05, 0) is 24.7 Å². The predicted octanol–water partition coefficient (Wildman–Crippen LogP) is 1.38. The van der Waals surface area contributed by atoms with Crippen molar-refractivity contribution in [3.8, 4) is 12.3 Å². The minimum absolute atomic E-state index is 0.365. The number of hydrogen-bond acceptors (Lipinski definition) is 2. The van der Waals surface area contributed by atoms with Crippen molar-refractivity contribution in [2.24, 2.45) is 10.4 Å². The average Bonchev–Trinajstić information content (AvgIpc) is 2.86. The molecule has 0 aromatic rings. The molecule has 18 heavy (non-hydrogen) atoms. The zero-order chi connectivity index (χ0) is 13.3. The first-order valence-corrected chi connectivity index (χ1v) is 6.63. The second kappa shape index (κ2) is 7.99. The van der Waals surface area contributed by atoms with Crippen LogP contribution < -0.4 is 10.6 Å². The van der Waals surface area contributed by atoms with E-state index in [1.165, 1.54) is 25.7 Å². The second-order valence-corrected chi connectivity index (χ2v) is 4.93. The van der Waals surface area contributed by atoms with Gasteiger partial charge in [-0.1, -0.05) is 18.8 Å². The van der Waals surface area contributed by atoms with Crippen LogP contribution in [0.3, 0.4) is 0 Å². The van der Waals surface area contributed by atoms with Gasteiger partial charge in [0.2, 0.25) is 0 Å². The number of nitrogens with one attached hydrogen (secondary N) is 2. The van der Waals surface area contributed by atoms with Gasteiger partial charge in [-0.3, -0.25) is 4.99 Å². The van der Waals surface area contributed by atoms with Crippen molar-refractivity contribution in [2.75, 3.05) is 33.9 Å². The Morgan fingerprint density at radius 3 is 2.67 bits per heavy atom. The van der Waals surface area contributed by atoms with Crippen LogP contribution in [0.2, 0.25) is 0 Å². The maximum Gasteiger partial charge on any atom is 0.191 e. The van der Waals surface area contributed by atoms with Crippen LogP contribution in [0.1, 0.15) is 32.1 Å². The first-order valence-electron chi connectivity index (χ1n) is 6.63. The molecule has 0 atom stereocenters. The van der Waals surface area contributed by atoms with E-state index in [1.54, 1.807) is 14.2 Å². The van der Waals surface area contributed by atoms with Crippen molar-refractivity contribution in [2.45, 2.75) is 32.1 Å². The van der Waals surface area contributed by atoms with E-state index >= 15 is 0 Å². The van der Waals surface area contributed by atoms with Crippen LogP contribution in [-0.4, -0.2) is 39.8 Å². The van der Waals surface area contributed by atoms with Crippen molar-refractivity contribution < 1.29 is 4.74 Å². The van der Waals surface area contributed by atoms with Gasteiger partial charge in [-0.2, -0.15) is 0 Å². The highest BCUT2D eigenvalue weighted by molar-refractivity contribution is 5.79. The predicted molar refractivity (Wildman–Crippen MR) is 75.6 cm³/mol. The molecule has 0 saturated heterocycles. The molecule has 0 spiro atoms. The molecule has 102 valence electrons. The van der Waals surface area contributed by atoms with Crippen molar-refractivity contribution >= 4 is 5.96 Å². The fourth-order valence-electron chi connectivity index (χ4n) is 2.59. The molecule has 0 aromatic carbocycles. The first kappa shape index (κ1) is 14.8. The summed E-state index contributed by atoms with van der Waals surface area (Å²) >= 11 is 0. The molecule has 0 aromatic heterocycles. The standard InChI is InChI=1S/C14H25N3O/c1-4-10-16-13(15-2)17-12-14(9-11-18-3)7-5-6-8-14/h1H,5-12H2,2-3H3,(H2,15,16,17). The van der Waals surface area contributed by atoms with Crippen LogP contribution in [-0.2, 0) is 4.74 Å². The third kappa shape index (κ3) is 4.58. The molecule has 1 aliphatic carbocycles. The van der Waals surface area contributed by atoms with Gasteiger partial charge in [-0.15, -0.1) is 6.42 Å². The summed E-state index contributed by atoms with van der Waals surface area (Å²) in [6.07, 6.45) is 11.5. The molecular formula is C14H25N3O. The van der Waals surface area contributed by atoms with E-state index in [1.807, 2.05) is 0 Å². The summed E-state index contributed by atoms with van der Waals surface area (Å²) in [5, 5.41) is 6.47. The molecule has 2 N–H and O–H groups in total. The summed E-state index contributed by atoms with van der Waals surface area (Å²) in [5.41, 5.74) is 0.365. The Bertz CT molecular complexity index is 301. The van der Waals surface area contributed by atoms with Gasteiger partial charge in [-0.25, -0.2) is 0 Å². The third-order valence-electron chi connectivity index (χ3n) is 3.71. The molecular weight excluding hydrogens is 226 g/mol. The van der Waals surface area contributed by atoms with Crippen molar-refractivity contribution in [1.29, 1.82) is 0 Å². The molecule has 4 heteroatoms. The first-order chi connectivity index (χ1) is 8.76. The molecule has 0 heterocycles. The van der Waals surface area contributed by atoms with E-state index in [0.29, 0.717) is 12.0 Å². The van der Waals surface area contributed by atoms with Crippen molar-refractivity contribution in [3.05, 3.63) is 0 Å². The van der Waals surface area contributed by atoms with E-state index in [2.05, 4.69) is 21.5 Å². The molecule has 1 aliphatic rings. The maximum atomic E-state index is 5.23. The number of ether oxygens (including phenoxy) is 1. The summed E-state index contributed by atoms with van der Waals surface area (Å²) < 4.78 is 5.23. The molecule has 1 rings (SSSR count). The van der Waals surface area contributed by atoms with Crippen LogP contribution >= 0.6 is 0 Å². The number of rotatable bonds is 6. The van der Waals surface area contributed by atoms with Crippen molar-refractivity contribution in [1.82, 2.24) is 10.6 Å². The zero-order valence-electron chi connectivity index (χ0n) is 11.6. The lowest BCUT2D eigenvalue weighted by molar-refractivity contribution is 0.138. The molecule has 0 aliphatic heterocycles. The number of methoxy groups -OCH3 is 1. The third-order valence-corrected chi connectivity index (χ3v) is 3.71. The van der Waals surface area contributed by atoms with Gasteiger partial charge < -0.3 is 15.4 Å². The lowest BCUT2D eigenvalue weighted by Gasteiger charge is -2.29. The van der Waals surface area contributed by atoms with Gasteiger partial charge in [0.05, 0.1) is 6.54 Å². The molecule has 0 amide bonds. The Labute approximate surface area is 111 Å². The fraction of sp³-hybridized carbons (Fsp3) is 0.786. The summed E-state index contributed by atoms with van der Waals surface area (Å²) in [4.78, 5) is 4.17. The monoisotopic (exact) mass is 251 g/mol. The summed E-state index contributed by atoms with van der Waals surface area (Å²) in [5.74, 6) is 3.34. The molecule has 0 radical (unpaired) electrons. The largest absolute Gasteiger partial charge is 0.385 e. The van der Waals surface area contributed by atoms with Crippen LogP contribution in [0.5, 0.6) is 0 Å². The molecule has 0 bridgehead atoms. The highest BCUT2D eigenvalue weighted by Gasteiger charge is 2.33. The topological polar surface area (TPSA) is 45.7 Å². The smallest absolute Gasteiger partial charge is 0.191 e. The van der Waals surface area contributed by atoms with Crippen LogP contribution in [0.4, 0.5) is 0 Å². The van der Waals surface area contributed by atoms with Gasteiger partial charge in [0.25, 0.3) is 0 Å². The Morgan fingerprint density at radius 2 is 2.11 bits per heavy atom. The van der Waals surface area contributed by atoms with E-state index in [4.69, 9.17) is 11.2 Å². The highest BCUT2D eigenvalue weighted by atomic mass is 16.5. The van der Waals surface area contributed by atoms with E-state index < -0.39 is 0 Å². The SMILES string of the molecule is C#CCNC(=NC)NCC1(CCOC)CCCC1. The molecule has 0 unspecified atom stereocenters. The van der Waals surface area contributed by atoms with Crippen LogP contribution in [0.15, 0.2) is 4.99 Å². The van der Waals surface area contributed by atoms with Crippen LogP contribution in [0.25, 0.3) is 0 Å². The van der Waals surface area contributed by atoms with E-state index in [9.17, 15) is 0 Å². The normalized spacial score (nSPS) is 18.4. The number of terminal acetylenes is 1. The van der Waals surface area contributed by atoms with Gasteiger partial charge in [0.1, 0.15) is 0 Å². The number of guanidine groups is 1. The fourth-order valence-corrected chi connectivity index (χ4v) is 2.59. The Hall–Kier alpha value is -1.21. The maximum absolute atomic E-state index is 5.23. The van der Waals surface area contributed by atoms with Crippen LogP contribution in [0, 0.1) is 17.8 Å². The summed E-state index contributed by atoms with van der Waals surface area (Å²) in [6, 6.07) is 0. The second-order valence-electron chi connectivity index (χ2n) is 4.93. The van der Waals surface area contributed by atoms with Gasteiger partial charge >= 0.3 is 0 Å². The average molecular weight is 251 g/mol. The Balaban J connectivity index is 2.44. The van der Waals surface area contributed by atoms with E-state index in [0.717, 1.165) is 25.5 Å². The van der Waals surface area contributed by atoms with Crippen molar-refractivity contribution in [3.63, 3.8) is 0 Å². The number of hydrogen-bond donors (Lipinski definition) is 2. The van der Waals surface area contributed by atoms with E-state index in [-0.39, 0.29) is 0 Å². The lowest BCUT2D eigenvalue weighted by Crippen LogP contribution is -2.43. The van der Waals surface area contributed by atoms with Gasteiger partial charge in [0.15, 0.2) is 5.96 Å².